The quantitative estimate of drug-likeness (QED) is 0.0474. The molecule has 0 aromatic heterocycles. The molecule has 3 unspecified atom stereocenters. The highest BCUT2D eigenvalue weighted by Crippen LogP contribution is 2.25. The van der Waals surface area contributed by atoms with Gasteiger partial charge in [0.1, 0.15) is 0 Å². The van der Waals surface area contributed by atoms with Crippen LogP contribution in [0, 0.1) is 16.7 Å². The number of carbonyl (C=O) groups is 3. The standard InChI is InChI=1S/C22H42O4.C14H28Br2.C4H8O2/c1-21(2,19(23)24)17-15-13-11-9-7-5-6-8-10-12-14-16-18-22(3,4)20(25)26;15-13-11-9-7-5-3-1-2-4-6-8-10-12-14-16;1-3(2)4(5)6/h5-18H2,1-4H3,(H,23,24)(H,25,26);1-14H2;3H,1-2H3,(H,5,6)/i1D3,3D3;;1D3,3D. The van der Waals surface area contributed by atoms with Crippen molar-refractivity contribution in [3.05, 3.63) is 0 Å². The summed E-state index contributed by atoms with van der Waals surface area (Å²) >= 11 is 6.95. The Morgan fingerprint density at radius 3 is 0.896 bits per heavy atom. The molecule has 0 aromatic rings. The maximum absolute atomic E-state index is 11.3. The number of hydrogen-bond acceptors (Lipinski definition) is 3. The molecule has 0 aliphatic carbocycles. The average Bonchev–Trinajstić information content (AvgIpc) is 3.10. The largest absolute Gasteiger partial charge is 0.481 e. The Labute approximate surface area is 328 Å². The molecule has 0 aliphatic rings. The number of hydrogen-bond donors (Lipinski definition) is 3. The van der Waals surface area contributed by atoms with Gasteiger partial charge in [0, 0.05) is 24.4 Å². The van der Waals surface area contributed by atoms with E-state index in [9.17, 15) is 24.6 Å². The third-order valence-corrected chi connectivity index (χ3v) is 9.51. The van der Waals surface area contributed by atoms with Gasteiger partial charge >= 0.3 is 17.9 Å². The van der Waals surface area contributed by atoms with Gasteiger partial charge in [-0.05, 0) is 53.2 Å². The van der Waals surface area contributed by atoms with E-state index in [1.807, 2.05) is 0 Å². The van der Waals surface area contributed by atoms with Gasteiger partial charge in [-0.25, -0.2) is 0 Å². The van der Waals surface area contributed by atoms with Crippen LogP contribution in [0.15, 0.2) is 0 Å². The van der Waals surface area contributed by atoms with E-state index in [0.717, 1.165) is 71.1 Å². The maximum Gasteiger partial charge on any atom is 0.309 e. The Bertz CT molecular complexity index is 1010. The number of carboxylic acid groups (broad SMARTS) is 3. The predicted octanol–water partition coefficient (Wildman–Crippen LogP) is 13.9. The van der Waals surface area contributed by atoms with Crippen molar-refractivity contribution in [2.75, 3.05) is 10.7 Å². The molecule has 0 saturated carbocycles. The third-order valence-electron chi connectivity index (χ3n) is 8.39. The second-order valence-corrected chi connectivity index (χ2v) is 15.2. The number of carboxylic acids is 3. The molecule has 0 radical (unpaired) electrons. The molecular formula is C40H78Br2O6. The van der Waals surface area contributed by atoms with Gasteiger partial charge in [0.2, 0.25) is 0 Å². The molecule has 0 saturated heterocycles. The molecule has 0 bridgehead atoms. The van der Waals surface area contributed by atoms with Gasteiger partial charge in [0.25, 0.3) is 0 Å². The lowest BCUT2D eigenvalue weighted by atomic mass is 9.87. The molecule has 3 N–H and O–H groups in total. The van der Waals surface area contributed by atoms with E-state index in [4.69, 9.17) is 18.8 Å². The summed E-state index contributed by atoms with van der Waals surface area (Å²) in [5.74, 6) is -6.55. The zero-order valence-electron chi connectivity index (χ0n) is 40.6. The van der Waals surface area contributed by atoms with Crippen molar-refractivity contribution in [2.24, 2.45) is 16.7 Å². The van der Waals surface area contributed by atoms with E-state index >= 15 is 0 Å². The molecule has 8 heteroatoms. The van der Waals surface area contributed by atoms with E-state index in [0.29, 0.717) is 12.8 Å². The van der Waals surface area contributed by atoms with E-state index < -0.39 is 55.2 Å². The summed E-state index contributed by atoms with van der Waals surface area (Å²) in [6.45, 7) is -4.29. The maximum atomic E-state index is 11.3. The van der Waals surface area contributed by atoms with Crippen LogP contribution in [0.2, 0.25) is 0 Å². The Kier molecular flexibility index (Phi) is 26.0. The first-order valence-corrected chi connectivity index (χ1v) is 20.8. The SMILES string of the molecule is BrCCCCCCCCCCCCCCBr.[2H]C([2H])([2H])C(C)(CCCCCCCCCCCCCCC(C)(C(=O)O)C([2H])([2H])[2H])C(=O)O.[2H]C([2H])([2H])C([2H])(C)C(=O)O. The summed E-state index contributed by atoms with van der Waals surface area (Å²) in [6, 6.07) is 0. The molecule has 0 fully saturated rings. The summed E-state index contributed by atoms with van der Waals surface area (Å²) in [4.78, 5) is 32.8. The number of alkyl halides is 2. The van der Waals surface area contributed by atoms with Crippen molar-refractivity contribution in [3.8, 4) is 0 Å². The molecular weight excluding hydrogens is 736 g/mol. The molecule has 0 aromatic carbocycles. The summed E-state index contributed by atoms with van der Waals surface area (Å²) < 4.78 is 71.5. The Balaban J connectivity index is -0.000000955. The average molecular weight is 825 g/mol. The molecule has 288 valence electrons. The summed E-state index contributed by atoms with van der Waals surface area (Å²) in [6.07, 6.45) is 28.9. The highest BCUT2D eigenvalue weighted by Gasteiger charge is 2.26. The first-order valence-electron chi connectivity index (χ1n) is 23.5. The first kappa shape index (κ1) is 34.5. The van der Waals surface area contributed by atoms with Gasteiger partial charge in [-0.2, -0.15) is 0 Å². The number of unbranched alkanes of at least 4 members (excludes halogenated alkanes) is 22. The summed E-state index contributed by atoms with van der Waals surface area (Å²) in [7, 11) is 0. The Hall–Kier alpha value is -0.630. The highest BCUT2D eigenvalue weighted by atomic mass is 79.9. The van der Waals surface area contributed by atoms with Crippen molar-refractivity contribution >= 4 is 49.8 Å². The van der Waals surface area contributed by atoms with Gasteiger partial charge in [0.05, 0.1) is 16.7 Å². The molecule has 3 atom stereocenters. The van der Waals surface area contributed by atoms with Crippen LogP contribution in [0.4, 0.5) is 0 Å². The predicted molar refractivity (Wildman–Crippen MR) is 213 cm³/mol. The van der Waals surface area contributed by atoms with Crippen LogP contribution < -0.4 is 0 Å². The lowest BCUT2D eigenvalue weighted by molar-refractivity contribution is -0.148. The van der Waals surface area contributed by atoms with Crippen molar-refractivity contribution in [2.45, 2.75) is 208 Å². The van der Waals surface area contributed by atoms with Crippen molar-refractivity contribution < 1.29 is 43.4 Å². The third kappa shape index (κ3) is 39.8. The number of rotatable bonds is 31. The van der Waals surface area contributed by atoms with Crippen LogP contribution in [0.5, 0.6) is 0 Å². The normalized spacial score (nSPS) is 18.5. The zero-order valence-corrected chi connectivity index (χ0v) is 33.8. The van der Waals surface area contributed by atoms with Crippen LogP contribution in [-0.4, -0.2) is 43.9 Å². The van der Waals surface area contributed by atoms with Crippen molar-refractivity contribution in [1.29, 1.82) is 0 Å². The van der Waals surface area contributed by atoms with Crippen LogP contribution in [0.25, 0.3) is 0 Å². The monoisotopic (exact) mass is 822 g/mol. The van der Waals surface area contributed by atoms with E-state index in [1.165, 1.54) is 102 Å². The number of aliphatic carboxylic acids is 3. The van der Waals surface area contributed by atoms with Gasteiger partial charge in [0.15, 0.2) is 0 Å². The Morgan fingerprint density at radius 1 is 0.521 bits per heavy atom. The summed E-state index contributed by atoms with van der Waals surface area (Å²) in [5, 5.41) is 29.1. The molecule has 0 heterocycles. The van der Waals surface area contributed by atoms with Gasteiger partial charge in [-0.3, -0.25) is 14.4 Å². The van der Waals surface area contributed by atoms with E-state index in [2.05, 4.69) is 31.9 Å². The second kappa shape index (κ2) is 36.2. The van der Waals surface area contributed by atoms with Gasteiger partial charge in [-0.15, -0.1) is 0 Å². The smallest absolute Gasteiger partial charge is 0.309 e. The lowest BCUT2D eigenvalue weighted by Crippen LogP contribution is -2.23. The fourth-order valence-corrected chi connectivity index (χ4v) is 5.69. The summed E-state index contributed by atoms with van der Waals surface area (Å²) in [5.41, 5.74) is -3.35. The fraction of sp³-hybridized carbons (Fsp3) is 0.925. The minimum Gasteiger partial charge on any atom is -0.481 e. The molecule has 48 heavy (non-hydrogen) atoms. The van der Waals surface area contributed by atoms with Crippen LogP contribution in [0.1, 0.15) is 222 Å². The first-order chi connectivity index (χ1) is 26.7. The van der Waals surface area contributed by atoms with Crippen LogP contribution in [-0.2, 0) is 14.4 Å². The van der Waals surface area contributed by atoms with E-state index in [-0.39, 0.29) is 12.8 Å². The second-order valence-electron chi connectivity index (χ2n) is 13.6. The number of halogens is 2. The minimum absolute atomic E-state index is 0.164. The van der Waals surface area contributed by atoms with Crippen molar-refractivity contribution in [3.63, 3.8) is 0 Å². The molecule has 0 amide bonds. The van der Waals surface area contributed by atoms with E-state index in [1.54, 1.807) is 0 Å². The van der Waals surface area contributed by atoms with Gasteiger partial charge < -0.3 is 15.3 Å². The Morgan fingerprint density at radius 2 is 0.750 bits per heavy atom. The molecule has 6 nitrogen and oxygen atoms in total. The molecule has 0 aliphatic heterocycles. The van der Waals surface area contributed by atoms with Crippen molar-refractivity contribution in [1.82, 2.24) is 0 Å². The van der Waals surface area contributed by atoms with Crippen LogP contribution in [0.3, 0.4) is 0 Å². The minimum atomic E-state index is -2.77. The lowest BCUT2D eigenvalue weighted by Gasteiger charge is -2.18. The zero-order chi connectivity index (χ0) is 45.5. The molecule has 0 spiro atoms. The highest BCUT2D eigenvalue weighted by molar-refractivity contribution is 9.09. The van der Waals surface area contributed by atoms with Gasteiger partial charge in [-0.1, -0.05) is 187 Å². The fourth-order valence-electron chi connectivity index (χ4n) is 4.90. The molecule has 0 rings (SSSR count). The van der Waals surface area contributed by atoms with Crippen LogP contribution >= 0.6 is 31.9 Å². The topological polar surface area (TPSA) is 112 Å².